The van der Waals surface area contributed by atoms with Crippen LogP contribution in [0.3, 0.4) is 0 Å². The molecule has 1 N–H and O–H groups in total. The molecule has 0 bridgehead atoms. The van der Waals surface area contributed by atoms with Crippen molar-refractivity contribution < 1.29 is 9.21 Å². The lowest BCUT2D eigenvalue weighted by Gasteiger charge is -2.34. The number of para-hydroxylation sites is 2. The van der Waals surface area contributed by atoms with Gasteiger partial charge < -0.3 is 19.5 Å². The molecule has 4 rings (SSSR count). The Morgan fingerprint density at radius 2 is 1.73 bits per heavy atom. The zero-order chi connectivity index (χ0) is 17.8. The van der Waals surface area contributed by atoms with Gasteiger partial charge in [-0.15, -0.1) is 0 Å². The molecule has 2 aliphatic rings. The predicted octanol–water partition coefficient (Wildman–Crippen LogP) is 3.23. The van der Waals surface area contributed by atoms with Gasteiger partial charge in [0.25, 0.3) is 0 Å². The molecule has 2 aliphatic heterocycles. The van der Waals surface area contributed by atoms with Crippen LogP contribution in [0.1, 0.15) is 18.6 Å². The van der Waals surface area contributed by atoms with Crippen LogP contribution in [0.5, 0.6) is 0 Å². The Labute approximate surface area is 154 Å². The number of nitrogens with zero attached hydrogens (tertiary/aromatic N) is 3. The molecule has 0 atom stereocenters. The van der Waals surface area contributed by atoms with Gasteiger partial charge >= 0.3 is 6.03 Å². The third-order valence-electron chi connectivity index (χ3n) is 5.21. The second-order valence-electron chi connectivity index (χ2n) is 6.98. The highest BCUT2D eigenvalue weighted by molar-refractivity contribution is 5.93. The van der Waals surface area contributed by atoms with E-state index in [4.69, 9.17) is 4.42 Å². The minimum Gasteiger partial charge on any atom is -0.468 e. The van der Waals surface area contributed by atoms with Crippen molar-refractivity contribution >= 4 is 17.4 Å². The Balaban J connectivity index is 1.33. The lowest BCUT2D eigenvalue weighted by Crippen LogP contribution is -2.49. The van der Waals surface area contributed by atoms with Gasteiger partial charge in [-0.1, -0.05) is 12.1 Å². The van der Waals surface area contributed by atoms with Crippen LogP contribution in [0.25, 0.3) is 0 Å². The third kappa shape index (κ3) is 3.85. The molecule has 0 radical (unpaired) electrons. The number of hydrogen-bond donors (Lipinski definition) is 1. The Kier molecular flexibility index (Phi) is 5.11. The van der Waals surface area contributed by atoms with E-state index in [2.05, 4.69) is 21.2 Å². The largest absolute Gasteiger partial charge is 0.468 e. The molecule has 6 heteroatoms. The van der Waals surface area contributed by atoms with E-state index in [0.29, 0.717) is 0 Å². The van der Waals surface area contributed by atoms with E-state index >= 15 is 0 Å². The van der Waals surface area contributed by atoms with Gasteiger partial charge in [0.1, 0.15) is 5.76 Å². The van der Waals surface area contributed by atoms with E-state index in [9.17, 15) is 4.79 Å². The molecule has 138 valence electrons. The van der Waals surface area contributed by atoms with Crippen LogP contribution in [-0.2, 0) is 6.54 Å². The van der Waals surface area contributed by atoms with E-state index in [0.717, 1.165) is 62.9 Å². The lowest BCUT2D eigenvalue weighted by atomic mass is 10.2. The summed E-state index contributed by atoms with van der Waals surface area (Å²) >= 11 is 0. The lowest BCUT2D eigenvalue weighted by molar-refractivity contribution is 0.137. The number of furan rings is 1. The molecule has 3 heterocycles. The number of anilines is 2. The average molecular weight is 354 g/mol. The first-order chi connectivity index (χ1) is 12.8. The van der Waals surface area contributed by atoms with E-state index in [-0.39, 0.29) is 6.03 Å². The molecule has 26 heavy (non-hydrogen) atoms. The molecule has 2 fully saturated rings. The summed E-state index contributed by atoms with van der Waals surface area (Å²) in [6.07, 6.45) is 4.15. The van der Waals surface area contributed by atoms with Gasteiger partial charge in [-0.2, -0.15) is 0 Å². The number of piperazine rings is 1. The van der Waals surface area contributed by atoms with E-state index in [1.807, 2.05) is 35.2 Å². The number of carbonyl (C=O) groups is 1. The van der Waals surface area contributed by atoms with Crippen LogP contribution < -0.4 is 10.2 Å². The summed E-state index contributed by atoms with van der Waals surface area (Å²) in [4.78, 5) is 19.3. The highest BCUT2D eigenvalue weighted by Gasteiger charge is 2.23. The van der Waals surface area contributed by atoms with Gasteiger partial charge in [0.15, 0.2) is 0 Å². The monoisotopic (exact) mass is 354 g/mol. The van der Waals surface area contributed by atoms with Crippen LogP contribution in [0, 0.1) is 0 Å². The van der Waals surface area contributed by atoms with Gasteiger partial charge in [0.2, 0.25) is 0 Å². The third-order valence-corrected chi connectivity index (χ3v) is 5.21. The normalized spacial score (nSPS) is 18.3. The number of benzene rings is 1. The van der Waals surface area contributed by atoms with Crippen LogP contribution in [0.4, 0.5) is 16.2 Å². The molecular formula is C20H26N4O2. The van der Waals surface area contributed by atoms with Crippen molar-refractivity contribution in [1.82, 2.24) is 9.80 Å². The van der Waals surface area contributed by atoms with Crippen LogP contribution in [0.2, 0.25) is 0 Å². The van der Waals surface area contributed by atoms with Crippen molar-refractivity contribution in [3.8, 4) is 0 Å². The topological polar surface area (TPSA) is 52.0 Å². The van der Waals surface area contributed by atoms with Crippen LogP contribution in [0.15, 0.2) is 47.1 Å². The number of amides is 2. The summed E-state index contributed by atoms with van der Waals surface area (Å²) in [5, 5.41) is 3.13. The maximum atomic E-state index is 12.7. The summed E-state index contributed by atoms with van der Waals surface area (Å²) in [5.74, 6) is 0.974. The first-order valence-electron chi connectivity index (χ1n) is 9.44. The van der Waals surface area contributed by atoms with Crippen molar-refractivity contribution in [2.75, 3.05) is 49.5 Å². The summed E-state index contributed by atoms with van der Waals surface area (Å²) < 4.78 is 5.41. The number of nitrogens with one attached hydrogen (secondary N) is 1. The van der Waals surface area contributed by atoms with Gasteiger partial charge in [0, 0.05) is 39.3 Å². The number of hydrogen-bond acceptors (Lipinski definition) is 4. The van der Waals surface area contributed by atoms with Gasteiger partial charge in [-0.05, 0) is 37.1 Å². The first kappa shape index (κ1) is 17.0. The summed E-state index contributed by atoms with van der Waals surface area (Å²) in [7, 11) is 0. The maximum Gasteiger partial charge on any atom is 0.321 e. The van der Waals surface area contributed by atoms with Crippen molar-refractivity contribution in [1.29, 1.82) is 0 Å². The maximum absolute atomic E-state index is 12.7. The van der Waals surface area contributed by atoms with Crippen molar-refractivity contribution in [3.05, 3.63) is 48.4 Å². The Bertz CT molecular complexity index is 717. The molecule has 2 amide bonds. The van der Waals surface area contributed by atoms with Crippen molar-refractivity contribution in [2.24, 2.45) is 0 Å². The van der Waals surface area contributed by atoms with Crippen molar-refractivity contribution in [3.63, 3.8) is 0 Å². The summed E-state index contributed by atoms with van der Waals surface area (Å²) in [6, 6.07) is 12.0. The fraction of sp³-hybridized carbons (Fsp3) is 0.450. The Morgan fingerprint density at radius 1 is 0.962 bits per heavy atom. The summed E-state index contributed by atoms with van der Waals surface area (Å²) in [6.45, 7) is 6.14. The molecular weight excluding hydrogens is 328 g/mol. The molecule has 2 saturated heterocycles. The minimum absolute atomic E-state index is 0.00528. The Hall–Kier alpha value is -2.47. The molecule has 2 aromatic rings. The number of carbonyl (C=O) groups excluding carboxylic acids is 1. The van der Waals surface area contributed by atoms with Crippen molar-refractivity contribution in [2.45, 2.75) is 19.4 Å². The highest BCUT2D eigenvalue weighted by atomic mass is 16.3. The molecule has 0 saturated carbocycles. The van der Waals surface area contributed by atoms with E-state index in [1.54, 1.807) is 6.26 Å². The quantitative estimate of drug-likeness (QED) is 0.916. The minimum atomic E-state index is -0.00528. The smallest absolute Gasteiger partial charge is 0.321 e. The summed E-state index contributed by atoms with van der Waals surface area (Å²) in [5.41, 5.74) is 2.05. The van der Waals surface area contributed by atoms with E-state index < -0.39 is 0 Å². The molecule has 1 aromatic heterocycles. The van der Waals surface area contributed by atoms with Gasteiger partial charge in [-0.3, -0.25) is 4.90 Å². The standard InChI is InChI=1S/C20H26N4O2/c25-20(21-18-7-1-2-8-19(18)23-9-3-4-10-23)24-13-11-22(12-14-24)16-17-6-5-15-26-17/h1-2,5-8,15H,3-4,9-14,16H2,(H,21,25). The highest BCUT2D eigenvalue weighted by Crippen LogP contribution is 2.28. The zero-order valence-corrected chi connectivity index (χ0v) is 15.1. The number of urea groups is 1. The second kappa shape index (κ2) is 7.83. The van der Waals surface area contributed by atoms with Gasteiger partial charge in [-0.25, -0.2) is 4.79 Å². The van der Waals surface area contributed by atoms with Crippen LogP contribution in [-0.4, -0.2) is 55.1 Å². The number of rotatable bonds is 4. The fourth-order valence-electron chi connectivity index (χ4n) is 3.74. The molecule has 0 spiro atoms. The first-order valence-corrected chi connectivity index (χ1v) is 9.44. The molecule has 1 aromatic carbocycles. The van der Waals surface area contributed by atoms with E-state index in [1.165, 1.54) is 12.8 Å². The molecule has 0 aliphatic carbocycles. The van der Waals surface area contributed by atoms with Crippen LogP contribution >= 0.6 is 0 Å². The molecule has 6 nitrogen and oxygen atoms in total. The second-order valence-corrected chi connectivity index (χ2v) is 6.98. The van der Waals surface area contributed by atoms with Gasteiger partial charge in [0.05, 0.1) is 24.2 Å². The fourth-order valence-corrected chi connectivity index (χ4v) is 3.74. The SMILES string of the molecule is O=C(Nc1ccccc1N1CCCC1)N1CCN(Cc2ccco2)CC1. The zero-order valence-electron chi connectivity index (χ0n) is 15.1. The molecule has 0 unspecified atom stereocenters. The predicted molar refractivity (Wildman–Crippen MR) is 102 cm³/mol. The average Bonchev–Trinajstić information content (AvgIpc) is 3.37. The Morgan fingerprint density at radius 3 is 2.46 bits per heavy atom.